The Morgan fingerprint density at radius 1 is 1.39 bits per heavy atom. The van der Waals surface area contributed by atoms with Crippen LogP contribution in [0.2, 0.25) is 0 Å². The first-order valence-electron chi connectivity index (χ1n) is 10.8. The summed E-state index contributed by atoms with van der Waals surface area (Å²) < 4.78 is 13.0. The summed E-state index contributed by atoms with van der Waals surface area (Å²) in [5.74, 6) is 0.680. The minimum atomic E-state index is -0.495. The molecule has 0 unspecified atom stereocenters. The van der Waals surface area contributed by atoms with Gasteiger partial charge in [-0.05, 0) is 46.7 Å². The molecule has 8 nitrogen and oxygen atoms in total. The van der Waals surface area contributed by atoms with Gasteiger partial charge in [0, 0.05) is 29.4 Å². The molecule has 0 aliphatic carbocycles. The predicted octanol–water partition coefficient (Wildman–Crippen LogP) is 4.03. The lowest BCUT2D eigenvalue weighted by Crippen LogP contribution is -2.53. The van der Waals surface area contributed by atoms with Crippen LogP contribution in [0.25, 0.3) is 10.9 Å². The van der Waals surface area contributed by atoms with Crippen molar-refractivity contribution in [3.8, 4) is 0 Å². The van der Waals surface area contributed by atoms with Gasteiger partial charge in [0.1, 0.15) is 6.61 Å². The van der Waals surface area contributed by atoms with Crippen molar-refractivity contribution >= 4 is 50.5 Å². The fourth-order valence-electron chi connectivity index (χ4n) is 4.00. The molecule has 0 saturated carbocycles. The fourth-order valence-corrected chi connectivity index (χ4v) is 5.39. The third-order valence-corrected chi connectivity index (χ3v) is 7.40. The second-order valence-electron chi connectivity index (χ2n) is 7.70. The number of likely N-dealkylation sites (tertiary alicyclic amines) is 1. The van der Waals surface area contributed by atoms with E-state index in [9.17, 15) is 14.4 Å². The van der Waals surface area contributed by atoms with E-state index in [1.165, 1.54) is 17.0 Å². The van der Waals surface area contributed by atoms with Gasteiger partial charge in [-0.1, -0.05) is 19.6 Å². The van der Waals surface area contributed by atoms with E-state index in [4.69, 9.17) is 9.47 Å². The van der Waals surface area contributed by atoms with E-state index in [1.807, 2.05) is 19.1 Å². The molecule has 0 N–H and O–H groups in total. The average molecular weight is 538 g/mol. The van der Waals surface area contributed by atoms with Crippen LogP contribution in [0, 0.1) is 0 Å². The maximum atomic E-state index is 13.1. The van der Waals surface area contributed by atoms with Gasteiger partial charge in [0.05, 0.1) is 35.9 Å². The highest BCUT2D eigenvalue weighted by atomic mass is 79.9. The summed E-state index contributed by atoms with van der Waals surface area (Å²) in [6.07, 6.45) is 3.67. The number of ether oxygens (including phenoxy) is 2. The van der Waals surface area contributed by atoms with Crippen LogP contribution in [0.15, 0.2) is 45.3 Å². The molecule has 3 rings (SSSR count). The third-order valence-electron chi connectivity index (χ3n) is 5.54. The first kappa shape index (κ1) is 25.5. The number of amides is 1. The van der Waals surface area contributed by atoms with Gasteiger partial charge < -0.3 is 14.4 Å². The number of aromatic nitrogens is 2. The zero-order chi connectivity index (χ0) is 24.0. The molecule has 0 spiro atoms. The molecule has 2 atom stereocenters. The Bertz CT molecular complexity index is 1090. The summed E-state index contributed by atoms with van der Waals surface area (Å²) in [6, 6.07) is 3.17. The molecule has 0 radical (unpaired) electrons. The van der Waals surface area contributed by atoms with E-state index in [0.29, 0.717) is 17.4 Å². The van der Waals surface area contributed by atoms with Crippen LogP contribution < -0.4 is 5.56 Å². The number of carbonyl (C=O) groups excluding carboxylic acids is 2. The van der Waals surface area contributed by atoms with E-state index in [1.54, 1.807) is 23.8 Å². The Labute approximate surface area is 205 Å². The van der Waals surface area contributed by atoms with Crippen molar-refractivity contribution in [2.45, 2.75) is 49.8 Å². The number of Topliss-reactive ketones (excluding diaryl/α,β-unsaturated/α-hetero) is 1. The van der Waals surface area contributed by atoms with Crippen molar-refractivity contribution in [3.05, 3.63) is 45.9 Å². The molecular weight excluding hydrogens is 510 g/mol. The SMILES string of the molecule is C=CCOC(=O)N1CCC[C@H](OC)[C@H]1CC(=O)Cn1cnc2cc(Br)c(SCC)cc2c1=O. The number of ketones is 1. The Hall–Kier alpha value is -2.17. The van der Waals surface area contributed by atoms with Crippen molar-refractivity contribution in [3.63, 3.8) is 0 Å². The average Bonchev–Trinajstić information content (AvgIpc) is 2.80. The van der Waals surface area contributed by atoms with Gasteiger partial charge in [0.25, 0.3) is 5.56 Å². The molecule has 1 saturated heterocycles. The van der Waals surface area contributed by atoms with Crippen LogP contribution in [-0.2, 0) is 20.8 Å². The molecule has 1 aromatic carbocycles. The van der Waals surface area contributed by atoms with Crippen LogP contribution in [0.5, 0.6) is 0 Å². The highest BCUT2D eigenvalue weighted by Gasteiger charge is 2.36. The predicted molar refractivity (Wildman–Crippen MR) is 132 cm³/mol. The first-order chi connectivity index (χ1) is 15.9. The number of carbonyl (C=O) groups is 2. The lowest BCUT2D eigenvalue weighted by atomic mass is 9.94. The second-order valence-corrected chi connectivity index (χ2v) is 9.86. The maximum Gasteiger partial charge on any atom is 0.410 e. The summed E-state index contributed by atoms with van der Waals surface area (Å²) in [7, 11) is 1.57. The smallest absolute Gasteiger partial charge is 0.410 e. The van der Waals surface area contributed by atoms with Gasteiger partial charge >= 0.3 is 6.09 Å². The van der Waals surface area contributed by atoms with Crippen LogP contribution in [0.1, 0.15) is 26.2 Å². The second kappa shape index (κ2) is 11.8. The number of hydrogen-bond donors (Lipinski definition) is 0. The zero-order valence-corrected chi connectivity index (χ0v) is 21.2. The molecule has 178 valence electrons. The lowest BCUT2D eigenvalue weighted by molar-refractivity contribution is -0.122. The molecule has 1 amide bonds. The molecule has 2 heterocycles. The summed E-state index contributed by atoms with van der Waals surface area (Å²) >= 11 is 5.14. The van der Waals surface area contributed by atoms with Gasteiger partial charge in [0.15, 0.2) is 5.78 Å². The van der Waals surface area contributed by atoms with Crippen molar-refractivity contribution in [2.75, 3.05) is 26.0 Å². The molecule has 1 aliphatic heterocycles. The van der Waals surface area contributed by atoms with Gasteiger partial charge in [0.2, 0.25) is 0 Å². The largest absolute Gasteiger partial charge is 0.445 e. The van der Waals surface area contributed by atoms with E-state index >= 15 is 0 Å². The Kier molecular flexibility index (Phi) is 9.10. The quantitative estimate of drug-likeness (QED) is 0.352. The number of piperidine rings is 1. The highest BCUT2D eigenvalue weighted by molar-refractivity contribution is 9.10. The molecule has 10 heteroatoms. The van der Waals surface area contributed by atoms with Crippen molar-refractivity contribution in [2.24, 2.45) is 0 Å². The topological polar surface area (TPSA) is 90.7 Å². The lowest BCUT2D eigenvalue weighted by Gasteiger charge is -2.39. The number of nitrogens with zero attached hydrogens (tertiary/aromatic N) is 3. The van der Waals surface area contributed by atoms with Gasteiger partial charge in [-0.2, -0.15) is 0 Å². The van der Waals surface area contributed by atoms with Gasteiger partial charge in [-0.25, -0.2) is 9.78 Å². The highest BCUT2D eigenvalue weighted by Crippen LogP contribution is 2.30. The molecule has 1 aromatic heterocycles. The molecule has 2 aromatic rings. The normalized spacial score (nSPS) is 18.3. The van der Waals surface area contributed by atoms with Crippen molar-refractivity contribution in [1.82, 2.24) is 14.5 Å². The van der Waals surface area contributed by atoms with Crippen LogP contribution >= 0.6 is 27.7 Å². The van der Waals surface area contributed by atoms with E-state index in [-0.39, 0.29) is 37.0 Å². The number of rotatable bonds is 9. The maximum absolute atomic E-state index is 13.1. The van der Waals surface area contributed by atoms with E-state index in [2.05, 4.69) is 27.5 Å². The Balaban J connectivity index is 1.81. The molecule has 33 heavy (non-hydrogen) atoms. The molecule has 1 fully saturated rings. The standard InChI is InChI=1S/C23H28BrN3O5S/c1-4-9-32-23(30)27-8-6-7-20(31-3)19(27)10-15(28)13-26-14-25-18-12-17(24)21(33-5-2)11-16(18)22(26)29/h4,11-12,14,19-20H,1,5-10,13H2,2-3H3/t19-,20+/m1/s1. The summed E-state index contributed by atoms with van der Waals surface area (Å²) in [6.45, 7) is 6.05. The summed E-state index contributed by atoms with van der Waals surface area (Å²) in [5, 5.41) is 0.464. The number of thioether (sulfide) groups is 1. The molecule has 1 aliphatic rings. The number of fused-ring (bicyclic) bond motifs is 1. The van der Waals surface area contributed by atoms with Gasteiger partial charge in [-0.3, -0.25) is 14.2 Å². The Morgan fingerprint density at radius 2 is 2.18 bits per heavy atom. The minimum Gasteiger partial charge on any atom is -0.445 e. The number of hydrogen-bond acceptors (Lipinski definition) is 7. The van der Waals surface area contributed by atoms with Crippen LogP contribution in [0.4, 0.5) is 4.79 Å². The number of benzene rings is 1. The van der Waals surface area contributed by atoms with Crippen molar-refractivity contribution < 1.29 is 19.1 Å². The fraction of sp³-hybridized carbons (Fsp3) is 0.478. The third kappa shape index (κ3) is 6.04. The number of methoxy groups -OCH3 is 1. The van der Waals surface area contributed by atoms with E-state index < -0.39 is 12.1 Å². The van der Waals surface area contributed by atoms with E-state index in [0.717, 1.165) is 28.0 Å². The monoisotopic (exact) mass is 537 g/mol. The first-order valence-corrected chi connectivity index (χ1v) is 12.6. The summed E-state index contributed by atoms with van der Waals surface area (Å²) in [5.41, 5.74) is 0.298. The summed E-state index contributed by atoms with van der Waals surface area (Å²) in [4.78, 5) is 45.4. The number of halogens is 1. The van der Waals surface area contributed by atoms with Crippen LogP contribution in [0.3, 0.4) is 0 Å². The van der Waals surface area contributed by atoms with Gasteiger partial charge in [-0.15, -0.1) is 11.8 Å². The minimum absolute atomic E-state index is 0.0590. The molecular formula is C23H28BrN3O5S. The molecule has 0 bridgehead atoms. The van der Waals surface area contributed by atoms with Crippen LogP contribution in [-0.4, -0.2) is 64.5 Å². The zero-order valence-electron chi connectivity index (χ0n) is 18.8. The van der Waals surface area contributed by atoms with Crippen molar-refractivity contribution in [1.29, 1.82) is 0 Å². The Morgan fingerprint density at radius 3 is 2.88 bits per heavy atom.